The number of hydrogen-bond donors (Lipinski definition) is 0. The van der Waals surface area contributed by atoms with Crippen LogP contribution in [0.25, 0.3) is 0 Å². The monoisotopic (exact) mass is 212 g/mol. The number of ether oxygens (including phenoxy) is 2. The molecule has 1 saturated heterocycles. The molecule has 2 atom stereocenters. The van der Waals surface area contributed by atoms with E-state index in [1.165, 1.54) is 0 Å². The lowest BCUT2D eigenvalue weighted by molar-refractivity contribution is -0.0652. The van der Waals surface area contributed by atoms with Crippen LogP contribution in [0.1, 0.15) is 25.7 Å². The van der Waals surface area contributed by atoms with Crippen molar-refractivity contribution < 1.29 is 9.47 Å². The lowest BCUT2D eigenvalue weighted by atomic mass is 10.2. The van der Waals surface area contributed by atoms with Gasteiger partial charge in [-0.2, -0.15) is 0 Å². The first-order valence-electron chi connectivity index (χ1n) is 4.74. The molecule has 0 N–H and O–H groups in total. The Balaban J connectivity index is 2.21. The van der Waals surface area contributed by atoms with E-state index in [2.05, 4.69) is 0 Å². The summed E-state index contributed by atoms with van der Waals surface area (Å²) in [5, 5.41) is 0.693. The molecule has 1 fully saturated rings. The molecular weight excluding hydrogens is 200 g/mol. The fourth-order valence-electron chi connectivity index (χ4n) is 1.46. The number of benzene rings is 1. The predicted octanol–water partition coefficient (Wildman–Crippen LogP) is 3.16. The fraction of sp³-hybridized carbons (Fsp3) is 0.455. The highest BCUT2D eigenvalue weighted by molar-refractivity contribution is 6.31. The van der Waals surface area contributed by atoms with Gasteiger partial charge < -0.3 is 9.47 Å². The molecule has 0 amide bonds. The standard InChI is InChI=1S/C11H13ClO2/c1-7-8(2)14-11(13-7)9-5-3-4-6-10(9)12/h3-8,11H,1-2H3/t7-,8-/m1/s1. The minimum atomic E-state index is -0.311. The van der Waals surface area contributed by atoms with Crippen molar-refractivity contribution in [1.29, 1.82) is 0 Å². The summed E-state index contributed by atoms with van der Waals surface area (Å²) in [5.74, 6) is 0. The Hall–Kier alpha value is -0.570. The highest BCUT2D eigenvalue weighted by atomic mass is 35.5. The van der Waals surface area contributed by atoms with Crippen molar-refractivity contribution in [3.8, 4) is 0 Å². The zero-order chi connectivity index (χ0) is 10.1. The molecule has 2 rings (SSSR count). The summed E-state index contributed by atoms with van der Waals surface area (Å²) in [7, 11) is 0. The first kappa shape index (κ1) is 9.97. The normalized spacial score (nSPS) is 28.2. The summed E-state index contributed by atoms with van der Waals surface area (Å²) in [5.41, 5.74) is 0.908. The minimum absolute atomic E-state index is 0.122. The summed E-state index contributed by atoms with van der Waals surface area (Å²) >= 11 is 6.04. The van der Waals surface area contributed by atoms with Crippen LogP contribution in [0.3, 0.4) is 0 Å². The Labute approximate surface area is 88.8 Å². The van der Waals surface area contributed by atoms with Gasteiger partial charge in [-0.05, 0) is 19.9 Å². The molecule has 0 spiro atoms. The zero-order valence-electron chi connectivity index (χ0n) is 8.24. The van der Waals surface area contributed by atoms with Crippen LogP contribution in [0, 0.1) is 0 Å². The number of halogens is 1. The van der Waals surface area contributed by atoms with E-state index in [1.54, 1.807) is 0 Å². The Morgan fingerprint density at radius 3 is 2.21 bits per heavy atom. The molecular formula is C11H13ClO2. The van der Waals surface area contributed by atoms with Crippen molar-refractivity contribution in [3.05, 3.63) is 34.9 Å². The maximum Gasteiger partial charge on any atom is 0.186 e. The van der Waals surface area contributed by atoms with Crippen LogP contribution in [0.4, 0.5) is 0 Å². The van der Waals surface area contributed by atoms with Crippen molar-refractivity contribution >= 4 is 11.6 Å². The van der Waals surface area contributed by atoms with Crippen LogP contribution in [-0.2, 0) is 9.47 Å². The van der Waals surface area contributed by atoms with Gasteiger partial charge in [0.15, 0.2) is 6.29 Å². The minimum Gasteiger partial charge on any atom is -0.343 e. The van der Waals surface area contributed by atoms with E-state index in [4.69, 9.17) is 21.1 Å². The molecule has 0 aliphatic carbocycles. The van der Waals surface area contributed by atoms with E-state index in [-0.39, 0.29) is 18.5 Å². The van der Waals surface area contributed by atoms with E-state index in [0.29, 0.717) is 5.02 Å². The van der Waals surface area contributed by atoms with Gasteiger partial charge in [0.2, 0.25) is 0 Å². The highest BCUT2D eigenvalue weighted by Gasteiger charge is 2.31. The Morgan fingerprint density at radius 2 is 1.64 bits per heavy atom. The lowest BCUT2D eigenvalue weighted by Gasteiger charge is -2.11. The van der Waals surface area contributed by atoms with Crippen molar-refractivity contribution in [2.24, 2.45) is 0 Å². The van der Waals surface area contributed by atoms with Gasteiger partial charge in [0.05, 0.1) is 12.2 Å². The summed E-state index contributed by atoms with van der Waals surface area (Å²) < 4.78 is 11.3. The average Bonchev–Trinajstić information content (AvgIpc) is 2.48. The Morgan fingerprint density at radius 1 is 1.07 bits per heavy atom. The fourth-order valence-corrected chi connectivity index (χ4v) is 1.68. The predicted molar refractivity (Wildman–Crippen MR) is 55.3 cm³/mol. The van der Waals surface area contributed by atoms with E-state index in [9.17, 15) is 0 Å². The number of rotatable bonds is 1. The van der Waals surface area contributed by atoms with Gasteiger partial charge in [0.25, 0.3) is 0 Å². The summed E-state index contributed by atoms with van der Waals surface area (Å²) in [6, 6.07) is 7.60. The molecule has 1 aliphatic rings. The average molecular weight is 213 g/mol. The second-order valence-corrected chi connectivity index (χ2v) is 3.94. The van der Waals surface area contributed by atoms with E-state index < -0.39 is 0 Å². The molecule has 0 unspecified atom stereocenters. The van der Waals surface area contributed by atoms with Crippen LogP contribution >= 0.6 is 11.6 Å². The topological polar surface area (TPSA) is 18.5 Å². The van der Waals surface area contributed by atoms with E-state index in [0.717, 1.165) is 5.56 Å². The van der Waals surface area contributed by atoms with Crippen molar-refractivity contribution in [3.63, 3.8) is 0 Å². The zero-order valence-corrected chi connectivity index (χ0v) is 8.99. The maximum absolute atomic E-state index is 6.04. The summed E-state index contributed by atoms with van der Waals surface area (Å²) in [6.07, 6.45) is -0.0683. The Bertz CT molecular complexity index is 317. The second kappa shape index (κ2) is 3.89. The molecule has 0 bridgehead atoms. The van der Waals surface area contributed by atoms with Gasteiger partial charge in [-0.25, -0.2) is 0 Å². The van der Waals surface area contributed by atoms with E-state index >= 15 is 0 Å². The van der Waals surface area contributed by atoms with Crippen molar-refractivity contribution in [2.75, 3.05) is 0 Å². The molecule has 14 heavy (non-hydrogen) atoms. The highest BCUT2D eigenvalue weighted by Crippen LogP contribution is 2.34. The molecule has 2 nitrogen and oxygen atoms in total. The maximum atomic E-state index is 6.04. The van der Waals surface area contributed by atoms with Gasteiger partial charge in [0.1, 0.15) is 0 Å². The molecule has 0 aromatic heterocycles. The second-order valence-electron chi connectivity index (χ2n) is 3.54. The summed E-state index contributed by atoms with van der Waals surface area (Å²) in [4.78, 5) is 0. The molecule has 0 radical (unpaired) electrons. The van der Waals surface area contributed by atoms with Gasteiger partial charge in [0, 0.05) is 10.6 Å². The molecule has 0 saturated carbocycles. The summed E-state index contributed by atoms with van der Waals surface area (Å²) in [6.45, 7) is 4.00. The molecule has 1 aromatic rings. The van der Waals surface area contributed by atoms with Crippen molar-refractivity contribution in [1.82, 2.24) is 0 Å². The first-order chi connectivity index (χ1) is 6.68. The molecule has 1 heterocycles. The lowest BCUT2D eigenvalue weighted by Crippen LogP contribution is -2.13. The van der Waals surface area contributed by atoms with Crippen LogP contribution in [0.5, 0.6) is 0 Å². The largest absolute Gasteiger partial charge is 0.343 e. The smallest absolute Gasteiger partial charge is 0.186 e. The van der Waals surface area contributed by atoms with Crippen LogP contribution in [0.2, 0.25) is 5.02 Å². The molecule has 1 aliphatic heterocycles. The van der Waals surface area contributed by atoms with Crippen LogP contribution < -0.4 is 0 Å². The number of hydrogen-bond acceptors (Lipinski definition) is 2. The first-order valence-corrected chi connectivity index (χ1v) is 5.11. The third-order valence-electron chi connectivity index (χ3n) is 2.50. The van der Waals surface area contributed by atoms with Gasteiger partial charge in [-0.15, -0.1) is 0 Å². The SMILES string of the molecule is C[C@H]1OC(c2ccccc2Cl)O[C@@H]1C. The molecule has 3 heteroatoms. The Kier molecular flexibility index (Phi) is 2.77. The van der Waals surface area contributed by atoms with Gasteiger partial charge in [-0.3, -0.25) is 0 Å². The third kappa shape index (κ3) is 1.78. The van der Waals surface area contributed by atoms with Gasteiger partial charge in [-0.1, -0.05) is 29.8 Å². The van der Waals surface area contributed by atoms with Gasteiger partial charge >= 0.3 is 0 Å². The third-order valence-corrected chi connectivity index (χ3v) is 2.84. The van der Waals surface area contributed by atoms with E-state index in [1.807, 2.05) is 38.1 Å². The molecule has 76 valence electrons. The molecule has 1 aromatic carbocycles. The quantitative estimate of drug-likeness (QED) is 0.712. The van der Waals surface area contributed by atoms with Crippen molar-refractivity contribution in [2.45, 2.75) is 32.3 Å². The van der Waals surface area contributed by atoms with Crippen LogP contribution in [0.15, 0.2) is 24.3 Å². The van der Waals surface area contributed by atoms with Crippen LogP contribution in [-0.4, -0.2) is 12.2 Å².